The first-order valence-electron chi connectivity index (χ1n) is 29.5. The van der Waals surface area contributed by atoms with Gasteiger partial charge in [-0.25, -0.2) is 4.98 Å². The van der Waals surface area contributed by atoms with E-state index in [0.29, 0.717) is 51.7 Å². The van der Waals surface area contributed by atoms with Gasteiger partial charge in [0.1, 0.15) is 0 Å². The number of hydrogen-bond donors (Lipinski definition) is 6. The maximum Gasteiger partial charge on any atom is 0.311 e. The van der Waals surface area contributed by atoms with E-state index >= 15 is 0 Å². The zero-order valence-corrected chi connectivity index (χ0v) is 54.2. The Hall–Kier alpha value is -10.8. The lowest BCUT2D eigenvalue weighted by molar-refractivity contribution is -0.147. The first-order chi connectivity index (χ1) is 44.7. The van der Waals surface area contributed by atoms with E-state index in [2.05, 4.69) is 50.6 Å². The highest BCUT2D eigenvalue weighted by atomic mass is 32.1. The summed E-state index contributed by atoms with van der Waals surface area (Å²) < 4.78 is 16.8. The van der Waals surface area contributed by atoms with Gasteiger partial charge in [-0.1, -0.05) is 80.4 Å². The van der Waals surface area contributed by atoms with Gasteiger partial charge in [0.2, 0.25) is 0 Å². The van der Waals surface area contributed by atoms with Gasteiger partial charge in [0.15, 0.2) is 0 Å². The maximum atomic E-state index is 12.8. The Morgan fingerprint density at radius 1 is 0.484 bits per heavy atom. The Morgan fingerprint density at radius 3 is 1.39 bits per heavy atom. The van der Waals surface area contributed by atoms with Crippen molar-refractivity contribution in [3.05, 3.63) is 257 Å². The van der Waals surface area contributed by atoms with Crippen molar-refractivity contribution in [3.8, 4) is 27.3 Å². The lowest BCUT2D eigenvalue weighted by atomic mass is 9.92. The summed E-state index contributed by atoms with van der Waals surface area (Å²) in [6, 6.07) is 41.5. The minimum atomic E-state index is -0.555. The van der Waals surface area contributed by atoms with Gasteiger partial charge in [-0.15, -0.1) is 22.7 Å². The van der Waals surface area contributed by atoms with Crippen molar-refractivity contribution in [2.75, 3.05) is 21.3 Å². The number of rotatable bonds is 24. The van der Waals surface area contributed by atoms with Crippen molar-refractivity contribution in [1.29, 1.82) is 0 Å². The molecule has 9 N–H and O–H groups in total. The van der Waals surface area contributed by atoms with Gasteiger partial charge >= 0.3 is 17.9 Å². The van der Waals surface area contributed by atoms with Gasteiger partial charge in [0, 0.05) is 94.1 Å². The fourth-order valence-corrected chi connectivity index (χ4v) is 11.7. The van der Waals surface area contributed by atoms with Crippen LogP contribution in [0.2, 0.25) is 0 Å². The third-order valence-electron chi connectivity index (χ3n) is 15.2. The largest absolute Gasteiger partial charge is 0.469 e. The zero-order chi connectivity index (χ0) is 67.1. The Kier molecular flexibility index (Phi) is 25.4. The topological polar surface area (TPSA) is 288 Å². The van der Waals surface area contributed by atoms with Gasteiger partial charge in [-0.3, -0.25) is 38.7 Å². The van der Waals surface area contributed by atoms with Gasteiger partial charge in [-0.05, 0) is 169 Å². The second kappa shape index (κ2) is 33.9. The number of pyridine rings is 2. The monoisotopic (exact) mass is 1290 g/mol. The first-order valence-corrected chi connectivity index (χ1v) is 31.2. The predicted octanol–water partition coefficient (Wildman–Crippen LogP) is 10.7. The fourth-order valence-electron chi connectivity index (χ4n) is 9.92. The van der Waals surface area contributed by atoms with Crippen LogP contribution in [0.15, 0.2) is 208 Å². The zero-order valence-electron chi connectivity index (χ0n) is 52.6. The molecule has 19 nitrogen and oxygen atoms in total. The van der Waals surface area contributed by atoms with Crippen LogP contribution in [0, 0.1) is 17.8 Å². The molecule has 6 unspecified atom stereocenters. The molecule has 0 saturated heterocycles. The average Bonchev–Trinajstić information content (AvgIpc) is 1.95. The molecule has 0 bridgehead atoms. The smallest absolute Gasteiger partial charge is 0.311 e. The maximum absolute atomic E-state index is 12.8. The van der Waals surface area contributed by atoms with Crippen LogP contribution in [0.25, 0.3) is 44.3 Å². The van der Waals surface area contributed by atoms with Gasteiger partial charge in [-0.2, -0.15) is 0 Å². The standard InChI is InChI=1S/C24H26N4O3.2C24H25N3O3S/c1-16(25)20-6-4-5-18(13-20)14-22(24(30)31-3)17(2)27-23(29)19-7-9-21(10-8-19)28-12-11-26-15-28;1-15(25)18-7-4-6-17(10-18)11-21(24(29)30-3)16(2)27-23(28)22-12-20(14-31-22)19-8-5-9-26-13-19;1-15(25)19-6-4-5-17(13-19)14-20(24(29)30-3)16(2)27-23(28)22-8-7-21(31-22)18-9-11-26-12-10-18/h4-13,15,17,22H,1,14,25H2,2-3H3,(H,27,29);4-10,12-14,16,21H,1,11,25H2,2-3H3,(H,27,28);4-13,16,20H,1,14,25H2,2-3H3,(H,27,28). The Balaban J connectivity index is 0.000000198. The number of nitrogens with zero attached hydrogens (tertiary/aromatic N) is 4. The summed E-state index contributed by atoms with van der Waals surface area (Å²) in [4.78, 5) is 90.0. The number of aromatic nitrogens is 4. The van der Waals surface area contributed by atoms with E-state index in [4.69, 9.17) is 31.4 Å². The molecular weight excluding hydrogens is 1210 g/mol. The molecule has 9 rings (SSSR count). The molecule has 0 aliphatic heterocycles. The van der Waals surface area contributed by atoms with Crippen LogP contribution in [-0.2, 0) is 47.9 Å². The van der Waals surface area contributed by atoms with Crippen molar-refractivity contribution in [2.45, 2.75) is 58.2 Å². The summed E-state index contributed by atoms with van der Waals surface area (Å²) >= 11 is 2.74. The molecular formula is C72H76N10O9S2. The summed E-state index contributed by atoms with van der Waals surface area (Å²) in [6.07, 6.45) is 13.3. The van der Waals surface area contributed by atoms with Crippen LogP contribution < -0.4 is 33.2 Å². The van der Waals surface area contributed by atoms with E-state index in [0.717, 1.165) is 60.6 Å². The van der Waals surface area contributed by atoms with Crippen molar-refractivity contribution < 1.29 is 43.0 Å². The molecule has 0 aliphatic carbocycles. The van der Waals surface area contributed by atoms with Crippen LogP contribution in [0.4, 0.5) is 0 Å². The summed E-state index contributed by atoms with van der Waals surface area (Å²) in [5, 5.41) is 10.7. The van der Waals surface area contributed by atoms with E-state index in [1.54, 1.807) is 69.4 Å². The number of thiophene rings is 2. The number of benzene rings is 4. The minimum Gasteiger partial charge on any atom is -0.469 e. The van der Waals surface area contributed by atoms with Crippen LogP contribution in [-0.4, -0.2) is 94.6 Å². The van der Waals surface area contributed by atoms with Crippen molar-refractivity contribution in [2.24, 2.45) is 35.0 Å². The number of esters is 3. The molecule has 6 atom stereocenters. The number of nitrogens with two attached hydrogens (primary N) is 3. The van der Waals surface area contributed by atoms with E-state index in [1.807, 2.05) is 144 Å². The van der Waals surface area contributed by atoms with Crippen LogP contribution in [0.5, 0.6) is 0 Å². The number of nitrogens with one attached hydrogen (secondary N) is 3. The quantitative estimate of drug-likeness (QED) is 0.0242. The molecule has 0 radical (unpaired) electrons. The first kappa shape index (κ1) is 69.7. The molecule has 5 heterocycles. The lowest BCUT2D eigenvalue weighted by Gasteiger charge is -2.23. The van der Waals surface area contributed by atoms with Crippen molar-refractivity contribution in [1.82, 2.24) is 35.5 Å². The van der Waals surface area contributed by atoms with Crippen LogP contribution in [0.3, 0.4) is 0 Å². The number of ether oxygens (including phenoxy) is 3. The molecule has 480 valence electrons. The molecule has 0 saturated carbocycles. The molecule has 0 aliphatic rings. The van der Waals surface area contributed by atoms with Crippen LogP contribution in [0.1, 0.15) is 83.9 Å². The normalized spacial score (nSPS) is 12.6. The molecule has 9 aromatic rings. The van der Waals surface area contributed by atoms with Gasteiger partial charge in [0.25, 0.3) is 17.7 Å². The summed E-state index contributed by atoms with van der Waals surface area (Å²) in [5.41, 5.74) is 28.2. The molecule has 93 heavy (non-hydrogen) atoms. The van der Waals surface area contributed by atoms with Crippen molar-refractivity contribution >= 4 is 75.4 Å². The number of carbonyl (C=O) groups is 6. The van der Waals surface area contributed by atoms with Gasteiger partial charge < -0.3 is 51.9 Å². The molecule has 0 fully saturated rings. The number of methoxy groups -OCH3 is 3. The second-order valence-corrected chi connectivity index (χ2v) is 23.8. The third kappa shape index (κ3) is 19.9. The van der Waals surface area contributed by atoms with E-state index in [1.165, 1.54) is 44.0 Å². The van der Waals surface area contributed by atoms with E-state index in [9.17, 15) is 28.8 Å². The average molecular weight is 1290 g/mol. The second-order valence-electron chi connectivity index (χ2n) is 21.8. The highest BCUT2D eigenvalue weighted by Gasteiger charge is 2.31. The van der Waals surface area contributed by atoms with Crippen LogP contribution >= 0.6 is 22.7 Å². The Labute approximate surface area is 549 Å². The molecule has 21 heteroatoms. The molecule has 5 aromatic heterocycles. The van der Waals surface area contributed by atoms with Gasteiger partial charge in [0.05, 0.1) is 55.2 Å². The van der Waals surface area contributed by atoms with E-state index < -0.39 is 35.9 Å². The molecule has 3 amide bonds. The third-order valence-corrected chi connectivity index (χ3v) is 17.3. The molecule has 0 spiro atoms. The lowest BCUT2D eigenvalue weighted by Crippen LogP contribution is -2.42. The number of imidazole rings is 1. The number of carbonyl (C=O) groups excluding carboxylic acids is 6. The van der Waals surface area contributed by atoms with E-state index in [-0.39, 0.29) is 35.6 Å². The predicted molar refractivity (Wildman–Crippen MR) is 366 cm³/mol. The SMILES string of the molecule is C=C(N)c1cccc(CC(C(=O)OC)C(C)NC(=O)c2cc(-c3cccnc3)cs2)c1.C=C(N)c1cccc(CC(C(=O)OC)C(C)NC(=O)c2ccc(-c3ccncc3)s2)c1.C=C(N)c1cccc(CC(C(=O)OC)C(C)NC(=O)c2ccc(-n3ccnc3)cc2)c1. The fraction of sp³-hybridized carbons (Fsp3) is 0.208. The van der Waals surface area contributed by atoms with Crippen molar-refractivity contribution in [3.63, 3.8) is 0 Å². The molecule has 4 aromatic carbocycles. The number of hydrogen-bond acceptors (Lipinski definition) is 17. The Morgan fingerprint density at radius 2 is 0.957 bits per heavy atom. The summed E-state index contributed by atoms with van der Waals surface area (Å²) in [6.45, 7) is 16.7. The summed E-state index contributed by atoms with van der Waals surface area (Å²) in [5.74, 6) is -3.52. The summed E-state index contributed by atoms with van der Waals surface area (Å²) in [7, 11) is 4.04. The number of amides is 3. The highest BCUT2D eigenvalue weighted by Crippen LogP contribution is 2.29. The Bertz CT molecular complexity index is 3870. The highest BCUT2D eigenvalue weighted by molar-refractivity contribution is 7.17. The minimum absolute atomic E-state index is 0.226.